The van der Waals surface area contributed by atoms with Gasteiger partial charge in [-0.15, -0.1) is 11.6 Å². The van der Waals surface area contributed by atoms with Crippen molar-refractivity contribution in [1.29, 1.82) is 0 Å². The number of para-hydroxylation sites is 1. The van der Waals surface area contributed by atoms with E-state index in [9.17, 15) is 0 Å². The molecule has 2 nitrogen and oxygen atoms in total. The first-order valence-corrected chi connectivity index (χ1v) is 7.82. The Morgan fingerprint density at radius 1 is 1.10 bits per heavy atom. The number of hydrogen-bond donors (Lipinski definition) is 0. The third-order valence-electron chi connectivity index (χ3n) is 3.69. The van der Waals surface area contributed by atoms with E-state index in [1.165, 1.54) is 5.56 Å². The van der Waals surface area contributed by atoms with Crippen LogP contribution >= 0.6 is 23.2 Å². The summed E-state index contributed by atoms with van der Waals surface area (Å²) in [6, 6.07) is 12.3. The van der Waals surface area contributed by atoms with E-state index in [2.05, 4.69) is 35.8 Å². The molecule has 0 amide bonds. The molecule has 0 saturated carbocycles. The Kier molecular flexibility index (Phi) is 3.92. The van der Waals surface area contributed by atoms with Gasteiger partial charge in [0.25, 0.3) is 0 Å². The largest absolute Gasteiger partial charge is 0.296 e. The third kappa shape index (κ3) is 2.54. The van der Waals surface area contributed by atoms with Crippen LogP contribution in [0.25, 0.3) is 16.7 Å². The highest BCUT2D eigenvalue weighted by atomic mass is 35.5. The molecule has 0 radical (unpaired) electrons. The first-order chi connectivity index (χ1) is 10.1. The maximum Gasteiger partial charge on any atom is 0.115 e. The van der Waals surface area contributed by atoms with Crippen LogP contribution in [0.3, 0.4) is 0 Å². The Balaban J connectivity index is 2.30. The molecule has 0 bridgehead atoms. The van der Waals surface area contributed by atoms with Gasteiger partial charge in [0.1, 0.15) is 5.82 Å². The summed E-state index contributed by atoms with van der Waals surface area (Å²) in [5, 5.41) is 0.763. The average Bonchev–Trinajstić information content (AvgIpc) is 2.82. The van der Waals surface area contributed by atoms with Crippen molar-refractivity contribution in [2.45, 2.75) is 20.3 Å². The van der Waals surface area contributed by atoms with Crippen molar-refractivity contribution in [3.8, 4) is 5.69 Å². The van der Waals surface area contributed by atoms with Gasteiger partial charge < -0.3 is 0 Å². The van der Waals surface area contributed by atoms with Crippen LogP contribution in [0.5, 0.6) is 0 Å². The number of benzene rings is 2. The molecule has 108 valence electrons. The molecule has 3 aromatic rings. The van der Waals surface area contributed by atoms with E-state index in [-0.39, 0.29) is 0 Å². The lowest BCUT2D eigenvalue weighted by molar-refractivity contribution is 0.912. The van der Waals surface area contributed by atoms with Crippen molar-refractivity contribution in [2.24, 2.45) is 0 Å². The van der Waals surface area contributed by atoms with Crippen molar-refractivity contribution < 1.29 is 0 Å². The van der Waals surface area contributed by atoms with Crippen LogP contribution in [-0.4, -0.2) is 15.4 Å². The molecule has 1 aromatic heterocycles. The molecule has 0 aliphatic carbocycles. The Morgan fingerprint density at radius 2 is 1.90 bits per heavy atom. The van der Waals surface area contributed by atoms with Gasteiger partial charge in [-0.05, 0) is 43.2 Å². The molecule has 4 heteroatoms. The molecule has 0 aliphatic rings. The Morgan fingerprint density at radius 3 is 2.62 bits per heavy atom. The van der Waals surface area contributed by atoms with E-state index >= 15 is 0 Å². The summed E-state index contributed by atoms with van der Waals surface area (Å²) in [5.74, 6) is 1.51. The van der Waals surface area contributed by atoms with E-state index in [1.54, 1.807) is 0 Å². The van der Waals surface area contributed by atoms with E-state index < -0.39 is 0 Å². The van der Waals surface area contributed by atoms with Gasteiger partial charge in [-0.2, -0.15) is 0 Å². The normalized spacial score (nSPS) is 11.2. The van der Waals surface area contributed by atoms with Gasteiger partial charge >= 0.3 is 0 Å². The van der Waals surface area contributed by atoms with E-state index in [4.69, 9.17) is 28.2 Å². The Hall–Kier alpha value is -1.51. The Labute approximate surface area is 134 Å². The average molecular weight is 319 g/mol. The maximum atomic E-state index is 6.28. The number of halogens is 2. The standard InChI is InChI=1S/C17H16Cl2N2/c1-11-6-7-13(10-14(11)19)21-15-5-3-4-12(2)17(15)20-16(21)8-9-18/h3-7,10H,8-9H2,1-2H3. The van der Waals surface area contributed by atoms with Crippen molar-refractivity contribution in [3.63, 3.8) is 0 Å². The van der Waals surface area contributed by atoms with Crippen LogP contribution in [-0.2, 0) is 6.42 Å². The summed E-state index contributed by atoms with van der Waals surface area (Å²) in [6.07, 6.45) is 0.723. The fourth-order valence-electron chi connectivity index (χ4n) is 2.55. The van der Waals surface area contributed by atoms with Crippen LogP contribution in [0.15, 0.2) is 36.4 Å². The fourth-order valence-corrected chi connectivity index (χ4v) is 2.89. The summed E-state index contributed by atoms with van der Waals surface area (Å²) in [6.45, 7) is 4.08. The van der Waals surface area contributed by atoms with E-state index in [1.807, 2.05) is 19.1 Å². The topological polar surface area (TPSA) is 17.8 Å². The van der Waals surface area contributed by atoms with Crippen LogP contribution in [0.4, 0.5) is 0 Å². The second-order valence-corrected chi connectivity index (χ2v) is 5.96. The van der Waals surface area contributed by atoms with Crippen LogP contribution in [0.2, 0.25) is 5.02 Å². The first-order valence-electron chi connectivity index (χ1n) is 6.91. The summed E-state index contributed by atoms with van der Waals surface area (Å²) in [4.78, 5) is 4.77. The van der Waals surface area contributed by atoms with Crippen LogP contribution < -0.4 is 0 Å². The highest BCUT2D eigenvalue weighted by Crippen LogP contribution is 2.27. The third-order valence-corrected chi connectivity index (χ3v) is 4.28. The molecule has 1 heterocycles. The van der Waals surface area contributed by atoms with Crippen LogP contribution in [0, 0.1) is 13.8 Å². The van der Waals surface area contributed by atoms with Gasteiger partial charge in [0.05, 0.1) is 11.0 Å². The number of fused-ring (bicyclic) bond motifs is 1. The monoisotopic (exact) mass is 318 g/mol. The summed E-state index contributed by atoms with van der Waals surface area (Å²) in [7, 11) is 0. The first kappa shape index (κ1) is 14.4. The minimum atomic E-state index is 0.544. The van der Waals surface area contributed by atoms with Gasteiger partial charge in [-0.25, -0.2) is 4.98 Å². The quantitative estimate of drug-likeness (QED) is 0.616. The number of imidazole rings is 1. The lowest BCUT2D eigenvalue weighted by Gasteiger charge is -2.10. The van der Waals surface area contributed by atoms with Gasteiger partial charge in [-0.1, -0.05) is 29.8 Å². The van der Waals surface area contributed by atoms with Crippen molar-refractivity contribution in [2.75, 3.05) is 5.88 Å². The zero-order valence-electron chi connectivity index (χ0n) is 12.0. The predicted molar refractivity (Wildman–Crippen MR) is 90.0 cm³/mol. The highest BCUT2D eigenvalue weighted by molar-refractivity contribution is 6.31. The highest BCUT2D eigenvalue weighted by Gasteiger charge is 2.13. The second-order valence-electron chi connectivity index (χ2n) is 5.18. The number of aromatic nitrogens is 2. The maximum absolute atomic E-state index is 6.28. The molecule has 0 aliphatic heterocycles. The Bertz CT molecular complexity index is 806. The lowest BCUT2D eigenvalue weighted by Crippen LogP contribution is -2.02. The lowest BCUT2D eigenvalue weighted by atomic mass is 10.2. The van der Waals surface area contributed by atoms with E-state index in [0.717, 1.165) is 39.6 Å². The van der Waals surface area contributed by atoms with E-state index in [0.29, 0.717) is 5.88 Å². The molecule has 0 saturated heterocycles. The molecule has 0 atom stereocenters. The molecular formula is C17H16Cl2N2. The van der Waals surface area contributed by atoms with Crippen molar-refractivity contribution >= 4 is 34.2 Å². The summed E-state index contributed by atoms with van der Waals surface area (Å²) in [5.41, 5.74) is 5.38. The van der Waals surface area contributed by atoms with Gasteiger partial charge in [-0.3, -0.25) is 4.57 Å². The molecule has 0 unspecified atom stereocenters. The molecule has 2 aromatic carbocycles. The minimum absolute atomic E-state index is 0.544. The number of aryl methyl sites for hydroxylation is 3. The predicted octanol–water partition coefficient (Wildman–Crippen LogP) is 5.08. The van der Waals surface area contributed by atoms with Crippen molar-refractivity contribution in [1.82, 2.24) is 9.55 Å². The zero-order valence-corrected chi connectivity index (χ0v) is 13.5. The molecule has 0 N–H and O–H groups in total. The number of alkyl halides is 1. The van der Waals surface area contributed by atoms with Gasteiger partial charge in [0, 0.05) is 23.0 Å². The smallest absolute Gasteiger partial charge is 0.115 e. The molecular weight excluding hydrogens is 303 g/mol. The zero-order chi connectivity index (χ0) is 15.0. The summed E-state index contributed by atoms with van der Waals surface area (Å²) >= 11 is 12.2. The fraction of sp³-hybridized carbons (Fsp3) is 0.235. The van der Waals surface area contributed by atoms with Crippen molar-refractivity contribution in [3.05, 3.63) is 58.4 Å². The summed E-state index contributed by atoms with van der Waals surface area (Å²) < 4.78 is 2.15. The molecule has 21 heavy (non-hydrogen) atoms. The van der Waals surface area contributed by atoms with Crippen LogP contribution in [0.1, 0.15) is 17.0 Å². The molecule has 0 fully saturated rings. The SMILES string of the molecule is Cc1ccc(-n2c(CCCl)nc3c(C)cccc32)cc1Cl. The number of rotatable bonds is 3. The molecule has 0 spiro atoms. The second kappa shape index (κ2) is 5.70. The number of hydrogen-bond acceptors (Lipinski definition) is 1. The number of nitrogens with zero attached hydrogens (tertiary/aromatic N) is 2. The minimum Gasteiger partial charge on any atom is -0.296 e. The molecule has 3 rings (SSSR count). The van der Waals surface area contributed by atoms with Gasteiger partial charge in [0.15, 0.2) is 0 Å². The van der Waals surface area contributed by atoms with Gasteiger partial charge in [0.2, 0.25) is 0 Å².